The molecule has 0 saturated carbocycles. The number of ether oxygens (including phenoxy) is 2. The van der Waals surface area contributed by atoms with Gasteiger partial charge in [-0.15, -0.1) is 0 Å². The number of carbonyl (C=O) groups is 1. The van der Waals surface area contributed by atoms with Gasteiger partial charge in [-0.25, -0.2) is 13.8 Å². The fourth-order valence-electron chi connectivity index (χ4n) is 3.50. The van der Waals surface area contributed by atoms with Crippen LogP contribution in [-0.4, -0.2) is 21.7 Å². The van der Waals surface area contributed by atoms with Crippen LogP contribution in [0.15, 0.2) is 71.8 Å². The Morgan fingerprint density at radius 2 is 1.71 bits per heavy atom. The minimum Gasteiger partial charge on any atom is -0.808 e. The van der Waals surface area contributed by atoms with Crippen LogP contribution < -0.4 is 89.7 Å². The molecule has 0 spiro atoms. The summed E-state index contributed by atoms with van der Waals surface area (Å²) < 4.78 is 50.7. The normalized spacial score (nSPS) is 10.8. The van der Waals surface area contributed by atoms with E-state index in [1.165, 1.54) is 42.7 Å². The van der Waals surface area contributed by atoms with Crippen molar-refractivity contribution in [2.75, 3.05) is 12.1 Å². The Balaban J connectivity index is 0.00000294. The predicted octanol–water partition coefficient (Wildman–Crippen LogP) is -2.78. The summed E-state index contributed by atoms with van der Waals surface area (Å²) in [6.45, 7) is 0. The van der Waals surface area contributed by atoms with Crippen molar-refractivity contribution in [3.8, 4) is 22.9 Å². The quantitative estimate of drug-likeness (QED) is 0.119. The molecule has 41 heavy (non-hydrogen) atoms. The third-order valence-electron chi connectivity index (χ3n) is 5.28. The average molecular weight is 622 g/mol. The van der Waals surface area contributed by atoms with Crippen molar-refractivity contribution in [1.82, 2.24) is 9.55 Å². The Morgan fingerprint density at radius 1 is 1.02 bits per heavy atom. The summed E-state index contributed by atoms with van der Waals surface area (Å²) in [4.78, 5) is 52.4. The van der Waals surface area contributed by atoms with Crippen LogP contribution in [0.1, 0.15) is 15.9 Å². The fourth-order valence-corrected chi connectivity index (χ4v) is 3.95. The van der Waals surface area contributed by atoms with Crippen LogP contribution in [0.4, 0.5) is 14.6 Å². The van der Waals surface area contributed by atoms with Gasteiger partial charge in [0.15, 0.2) is 23.1 Å². The van der Waals surface area contributed by atoms with Crippen molar-refractivity contribution in [1.29, 1.82) is 0 Å². The zero-order chi connectivity index (χ0) is 28.3. The zero-order valence-corrected chi connectivity index (χ0v) is 27.3. The molecular weight excluding hydrogens is 605 g/mol. The van der Waals surface area contributed by atoms with Crippen LogP contribution in [0.2, 0.25) is 5.02 Å². The molecule has 0 amide bonds. The molecule has 10 nitrogen and oxygen atoms in total. The molecule has 4 aromatic rings. The zero-order valence-electron chi connectivity index (χ0n) is 21.7. The first-order chi connectivity index (χ1) is 18.4. The fraction of sp³-hybridized carbons (Fsp3) is 0.0800. The van der Waals surface area contributed by atoms with Gasteiger partial charge in [0.05, 0.1) is 0 Å². The third-order valence-corrected chi connectivity index (χ3v) is 6.10. The van der Waals surface area contributed by atoms with Crippen molar-refractivity contribution < 1.29 is 96.5 Å². The van der Waals surface area contributed by atoms with Gasteiger partial charge in [0.1, 0.15) is 34.3 Å². The number of benzene rings is 2. The van der Waals surface area contributed by atoms with E-state index in [1.807, 2.05) is 0 Å². The molecule has 0 aliphatic rings. The van der Waals surface area contributed by atoms with Gasteiger partial charge in [0.25, 0.3) is 5.56 Å². The van der Waals surface area contributed by atoms with E-state index in [9.17, 15) is 32.7 Å². The number of pyridine rings is 2. The van der Waals surface area contributed by atoms with E-state index in [1.54, 1.807) is 0 Å². The van der Waals surface area contributed by atoms with Gasteiger partial charge in [0, 0.05) is 30.6 Å². The molecule has 2 N–H and O–H groups in total. The number of nitrogens with two attached hydrogens (primary N) is 1. The predicted molar refractivity (Wildman–Crippen MR) is 133 cm³/mol. The minimum absolute atomic E-state index is 0. The summed E-state index contributed by atoms with van der Waals surface area (Å²) in [7, 11) is -5.15. The molecule has 0 radical (unpaired) electrons. The molecule has 4 rings (SSSR count). The van der Waals surface area contributed by atoms with Crippen LogP contribution in [0.5, 0.6) is 17.2 Å². The number of ketones is 1. The van der Waals surface area contributed by atoms with Gasteiger partial charge in [-0.1, -0.05) is 17.7 Å². The summed E-state index contributed by atoms with van der Waals surface area (Å²) in [5, 5.41) is -0.0223. The number of halogens is 3. The van der Waals surface area contributed by atoms with Crippen LogP contribution in [-0.2, 0) is 11.0 Å². The molecule has 0 atom stereocenters. The van der Waals surface area contributed by atoms with E-state index in [4.69, 9.17) is 26.8 Å². The summed E-state index contributed by atoms with van der Waals surface area (Å²) >= 11 is 6.01. The molecule has 202 valence electrons. The number of aromatic nitrogens is 2. The molecule has 0 aliphatic carbocycles. The average Bonchev–Trinajstić information content (AvgIpc) is 2.87. The van der Waals surface area contributed by atoms with Crippen LogP contribution >= 0.6 is 19.2 Å². The SMILES string of the molecule is Nc1nccc(Oc2ccc(CC(=O)c3c(OCP(=O)([O-])[O-])ccn(-c4ccc(F)cc4)c3=O)cc2F)c1Cl.[Na+].[Na+]. The van der Waals surface area contributed by atoms with Gasteiger partial charge in [-0.3, -0.25) is 14.2 Å². The number of nitrogens with zero attached hydrogens (tertiary/aromatic N) is 2. The van der Waals surface area contributed by atoms with E-state index in [0.29, 0.717) is 0 Å². The Kier molecular flexibility index (Phi) is 12.7. The third kappa shape index (κ3) is 8.95. The van der Waals surface area contributed by atoms with E-state index >= 15 is 0 Å². The Morgan fingerprint density at radius 3 is 2.34 bits per heavy atom. The van der Waals surface area contributed by atoms with Crippen molar-refractivity contribution >= 4 is 30.8 Å². The van der Waals surface area contributed by atoms with Crippen molar-refractivity contribution in [2.24, 2.45) is 0 Å². The van der Waals surface area contributed by atoms with Crippen LogP contribution in [0, 0.1) is 11.6 Å². The van der Waals surface area contributed by atoms with Gasteiger partial charge in [-0.05, 0) is 55.6 Å². The van der Waals surface area contributed by atoms with Crippen molar-refractivity contribution in [3.05, 3.63) is 105 Å². The second-order valence-electron chi connectivity index (χ2n) is 8.07. The van der Waals surface area contributed by atoms with Gasteiger partial charge < -0.3 is 29.6 Å². The summed E-state index contributed by atoms with van der Waals surface area (Å²) in [5.41, 5.74) is 4.42. The minimum atomic E-state index is -5.15. The summed E-state index contributed by atoms with van der Waals surface area (Å²) in [6.07, 6.45) is 0.672. The molecule has 0 unspecified atom stereocenters. The van der Waals surface area contributed by atoms with Gasteiger partial charge in [0.2, 0.25) is 0 Å². The number of anilines is 1. The molecular formula is C25H17ClF2N3Na2O7P. The van der Waals surface area contributed by atoms with Crippen molar-refractivity contribution in [3.63, 3.8) is 0 Å². The number of hydrogen-bond donors (Lipinski definition) is 1. The Labute approximate surface area is 281 Å². The van der Waals surface area contributed by atoms with Crippen molar-refractivity contribution in [2.45, 2.75) is 6.42 Å². The maximum atomic E-state index is 14.8. The van der Waals surface area contributed by atoms with E-state index in [-0.39, 0.29) is 92.7 Å². The standard InChI is InChI=1S/C25H19ClF2N3O7P.2Na/c26-23-21(7-9-30-24(23)29)38-19-6-1-14(11-17(19)28)12-18(32)22-20(37-13-39(34,35)36)8-10-31(25(22)33)16-4-2-15(27)3-5-16;;/h1-11H,12-13H2,(H2,29,30)(H2,34,35,36);;/q;2*+1/p-2. The Hall–Kier alpha value is -2.09. The van der Waals surface area contributed by atoms with E-state index < -0.39 is 54.7 Å². The molecule has 0 bridgehead atoms. The van der Waals surface area contributed by atoms with Gasteiger partial charge in [-0.2, -0.15) is 0 Å². The monoisotopic (exact) mass is 621 g/mol. The molecule has 2 heterocycles. The maximum Gasteiger partial charge on any atom is 1.00 e. The van der Waals surface area contributed by atoms with Crippen LogP contribution in [0.3, 0.4) is 0 Å². The largest absolute Gasteiger partial charge is 1.00 e. The topological polar surface area (TPSA) is 160 Å². The first kappa shape index (κ1) is 35.1. The molecule has 0 saturated heterocycles. The number of nitrogen functional groups attached to an aromatic ring is 1. The molecule has 0 aliphatic heterocycles. The number of Topliss-reactive ketones (excluding diaryl/α,β-unsaturated/α-hetero) is 1. The molecule has 0 fully saturated rings. The maximum absolute atomic E-state index is 14.8. The summed E-state index contributed by atoms with van der Waals surface area (Å²) in [5.74, 6) is -2.95. The number of carbonyl (C=O) groups excluding carboxylic acids is 1. The molecule has 2 aromatic carbocycles. The second-order valence-corrected chi connectivity index (χ2v) is 9.92. The number of hydrogen-bond acceptors (Lipinski definition) is 9. The smallest absolute Gasteiger partial charge is 0.808 e. The first-order valence-corrected chi connectivity index (χ1v) is 13.1. The van der Waals surface area contributed by atoms with E-state index in [0.717, 1.165) is 28.8 Å². The number of rotatable bonds is 9. The molecule has 16 heteroatoms. The van der Waals surface area contributed by atoms with Gasteiger partial charge >= 0.3 is 59.1 Å². The first-order valence-electron chi connectivity index (χ1n) is 11.0. The Bertz CT molecular complexity index is 1670. The second kappa shape index (κ2) is 14.9. The van der Waals surface area contributed by atoms with Crippen LogP contribution in [0.25, 0.3) is 5.69 Å². The summed E-state index contributed by atoms with van der Waals surface area (Å²) in [6, 6.07) is 10.8. The molecule has 2 aromatic heterocycles. The van der Waals surface area contributed by atoms with E-state index in [2.05, 4.69) is 4.98 Å².